The molecule has 6 nitrogen and oxygen atoms in total. The number of hydrogen-bond donors (Lipinski definition) is 0. The van der Waals surface area contributed by atoms with E-state index in [-0.39, 0.29) is 0 Å². The molecule has 0 saturated heterocycles. The van der Waals surface area contributed by atoms with E-state index in [2.05, 4.69) is 41.2 Å². The minimum absolute atomic E-state index is 0.293. The number of rotatable bonds is 6. The highest BCUT2D eigenvalue weighted by molar-refractivity contribution is 5.64. The molecule has 26 heavy (non-hydrogen) atoms. The highest BCUT2D eigenvalue weighted by atomic mass is 16.5. The summed E-state index contributed by atoms with van der Waals surface area (Å²) in [6.07, 6.45) is 9.43. The highest BCUT2D eigenvalue weighted by Crippen LogP contribution is 2.33. The van der Waals surface area contributed by atoms with Crippen LogP contribution >= 0.6 is 0 Å². The minimum Gasteiger partial charge on any atom is -0.490 e. The van der Waals surface area contributed by atoms with Crippen molar-refractivity contribution in [3.63, 3.8) is 0 Å². The highest BCUT2D eigenvalue weighted by Gasteiger charge is 2.20. The minimum atomic E-state index is 0.293. The molecule has 0 N–H and O–H groups in total. The Morgan fingerprint density at radius 3 is 2.88 bits per heavy atom. The number of ether oxygens (including phenoxy) is 1. The van der Waals surface area contributed by atoms with Crippen LogP contribution in [0.5, 0.6) is 5.75 Å². The normalized spacial score (nSPS) is 14.8. The zero-order chi connectivity index (χ0) is 17.9. The smallest absolute Gasteiger partial charge is 0.231 e. The van der Waals surface area contributed by atoms with Crippen molar-refractivity contribution in [3.8, 4) is 17.1 Å². The van der Waals surface area contributed by atoms with Gasteiger partial charge in [0, 0.05) is 12.7 Å². The van der Waals surface area contributed by atoms with E-state index in [1.807, 2.05) is 23.1 Å². The Morgan fingerprint density at radius 2 is 2.12 bits per heavy atom. The fourth-order valence-corrected chi connectivity index (χ4v) is 3.38. The van der Waals surface area contributed by atoms with Gasteiger partial charge in [-0.3, -0.25) is 4.68 Å². The van der Waals surface area contributed by atoms with Crippen molar-refractivity contribution in [2.24, 2.45) is 0 Å². The standard InChI is InChI=1S/C20H24N4O2/c1-3-24-13-15(12-21-24)11-19-22-20(23-26-19)17-9-8-14(2)10-18(17)25-16-6-4-5-7-16/h8-10,12-13,16H,3-7,11H2,1-2H3. The Bertz CT molecular complexity index is 878. The number of aromatic nitrogens is 4. The lowest BCUT2D eigenvalue weighted by molar-refractivity contribution is 0.210. The molecule has 1 aliphatic rings. The zero-order valence-electron chi connectivity index (χ0n) is 15.3. The fraction of sp³-hybridized carbons (Fsp3) is 0.450. The van der Waals surface area contributed by atoms with Gasteiger partial charge in [-0.2, -0.15) is 10.1 Å². The fourth-order valence-electron chi connectivity index (χ4n) is 3.38. The maximum atomic E-state index is 6.25. The summed E-state index contributed by atoms with van der Waals surface area (Å²) in [4.78, 5) is 4.58. The van der Waals surface area contributed by atoms with Crippen molar-refractivity contribution in [1.29, 1.82) is 0 Å². The van der Waals surface area contributed by atoms with E-state index in [1.54, 1.807) is 0 Å². The molecule has 0 aliphatic heterocycles. The van der Waals surface area contributed by atoms with Crippen LogP contribution in [0.3, 0.4) is 0 Å². The van der Waals surface area contributed by atoms with Gasteiger partial charge >= 0.3 is 0 Å². The average molecular weight is 352 g/mol. The van der Waals surface area contributed by atoms with Crippen LogP contribution < -0.4 is 4.74 Å². The van der Waals surface area contributed by atoms with Gasteiger partial charge < -0.3 is 9.26 Å². The molecule has 1 aliphatic carbocycles. The van der Waals surface area contributed by atoms with E-state index in [4.69, 9.17) is 9.26 Å². The summed E-state index contributed by atoms with van der Waals surface area (Å²) >= 11 is 0. The molecule has 1 aromatic carbocycles. The van der Waals surface area contributed by atoms with Gasteiger partial charge in [0.15, 0.2) is 0 Å². The predicted molar refractivity (Wildman–Crippen MR) is 98.1 cm³/mol. The van der Waals surface area contributed by atoms with Crippen molar-refractivity contribution in [3.05, 3.63) is 47.6 Å². The number of benzene rings is 1. The number of hydrogen-bond acceptors (Lipinski definition) is 5. The van der Waals surface area contributed by atoms with Crippen molar-refractivity contribution in [2.45, 2.75) is 58.6 Å². The monoisotopic (exact) mass is 352 g/mol. The quantitative estimate of drug-likeness (QED) is 0.666. The van der Waals surface area contributed by atoms with Gasteiger partial charge in [0.05, 0.1) is 24.3 Å². The van der Waals surface area contributed by atoms with Crippen molar-refractivity contribution in [1.82, 2.24) is 19.9 Å². The summed E-state index contributed by atoms with van der Waals surface area (Å²) < 4.78 is 13.6. The lowest BCUT2D eigenvalue weighted by Gasteiger charge is -2.15. The van der Waals surface area contributed by atoms with Crippen molar-refractivity contribution < 1.29 is 9.26 Å². The molecule has 0 unspecified atom stereocenters. The maximum absolute atomic E-state index is 6.25. The third-order valence-electron chi connectivity index (χ3n) is 4.81. The molecular weight excluding hydrogens is 328 g/mol. The van der Waals surface area contributed by atoms with Gasteiger partial charge in [0.1, 0.15) is 5.75 Å². The van der Waals surface area contributed by atoms with Gasteiger partial charge in [0.2, 0.25) is 11.7 Å². The second-order valence-electron chi connectivity index (χ2n) is 6.92. The molecule has 2 heterocycles. The lowest BCUT2D eigenvalue weighted by atomic mass is 10.1. The second kappa shape index (κ2) is 7.32. The molecule has 2 aromatic heterocycles. The first-order valence-corrected chi connectivity index (χ1v) is 9.33. The Kier molecular flexibility index (Phi) is 4.73. The lowest BCUT2D eigenvalue weighted by Crippen LogP contribution is -2.11. The topological polar surface area (TPSA) is 66.0 Å². The molecule has 0 amide bonds. The molecule has 1 saturated carbocycles. The van der Waals surface area contributed by atoms with Crippen LogP contribution in [0.2, 0.25) is 0 Å². The van der Waals surface area contributed by atoms with Crippen LogP contribution in [0.25, 0.3) is 11.4 Å². The van der Waals surface area contributed by atoms with Gasteiger partial charge in [0.25, 0.3) is 0 Å². The second-order valence-corrected chi connectivity index (χ2v) is 6.92. The molecule has 4 rings (SSSR count). The summed E-state index contributed by atoms with van der Waals surface area (Å²) in [5, 5.41) is 8.46. The molecule has 3 aromatic rings. The first-order chi connectivity index (χ1) is 12.7. The van der Waals surface area contributed by atoms with E-state index >= 15 is 0 Å². The summed E-state index contributed by atoms with van der Waals surface area (Å²) in [5.74, 6) is 2.02. The van der Waals surface area contributed by atoms with Crippen LogP contribution in [-0.2, 0) is 13.0 Å². The zero-order valence-corrected chi connectivity index (χ0v) is 15.3. The van der Waals surface area contributed by atoms with Crippen molar-refractivity contribution >= 4 is 0 Å². The van der Waals surface area contributed by atoms with Crippen LogP contribution in [-0.4, -0.2) is 26.0 Å². The van der Waals surface area contributed by atoms with Crippen LogP contribution in [0.1, 0.15) is 49.6 Å². The third kappa shape index (κ3) is 3.64. The molecule has 0 bridgehead atoms. The Hall–Kier alpha value is -2.63. The third-order valence-corrected chi connectivity index (χ3v) is 4.81. The number of aryl methyl sites for hydroxylation is 2. The SMILES string of the molecule is CCn1cc(Cc2nc(-c3ccc(C)cc3OC3CCCC3)no2)cn1. The Labute approximate surface area is 153 Å². The van der Waals surface area contributed by atoms with Gasteiger partial charge in [-0.15, -0.1) is 0 Å². The molecule has 0 spiro atoms. The van der Waals surface area contributed by atoms with E-state index in [9.17, 15) is 0 Å². The van der Waals surface area contributed by atoms with E-state index in [0.717, 1.165) is 41.8 Å². The predicted octanol–water partition coefficient (Wildman–Crippen LogP) is 4.17. The largest absolute Gasteiger partial charge is 0.490 e. The molecule has 0 radical (unpaired) electrons. The van der Waals surface area contributed by atoms with Crippen LogP contribution in [0, 0.1) is 6.92 Å². The van der Waals surface area contributed by atoms with Crippen molar-refractivity contribution in [2.75, 3.05) is 0 Å². The average Bonchev–Trinajstić information content (AvgIpc) is 3.38. The van der Waals surface area contributed by atoms with Crippen LogP contribution in [0.4, 0.5) is 0 Å². The summed E-state index contributed by atoms with van der Waals surface area (Å²) in [6, 6.07) is 6.14. The summed E-state index contributed by atoms with van der Waals surface area (Å²) in [5.41, 5.74) is 3.12. The van der Waals surface area contributed by atoms with Gasteiger partial charge in [-0.1, -0.05) is 11.2 Å². The number of nitrogens with zero attached hydrogens (tertiary/aromatic N) is 4. The van der Waals surface area contributed by atoms with E-state index < -0.39 is 0 Å². The van der Waals surface area contributed by atoms with E-state index in [0.29, 0.717) is 24.2 Å². The van der Waals surface area contributed by atoms with Gasteiger partial charge in [-0.25, -0.2) is 0 Å². The Morgan fingerprint density at radius 1 is 1.27 bits per heavy atom. The van der Waals surface area contributed by atoms with Gasteiger partial charge in [-0.05, 0) is 62.8 Å². The molecule has 6 heteroatoms. The molecular formula is C20H24N4O2. The first kappa shape index (κ1) is 16.8. The molecule has 136 valence electrons. The molecule has 1 fully saturated rings. The maximum Gasteiger partial charge on any atom is 0.231 e. The Balaban J connectivity index is 1.56. The van der Waals surface area contributed by atoms with Crippen LogP contribution in [0.15, 0.2) is 35.1 Å². The first-order valence-electron chi connectivity index (χ1n) is 9.33. The molecule has 0 atom stereocenters. The summed E-state index contributed by atoms with van der Waals surface area (Å²) in [6.45, 7) is 4.98. The summed E-state index contributed by atoms with van der Waals surface area (Å²) in [7, 11) is 0. The van der Waals surface area contributed by atoms with E-state index in [1.165, 1.54) is 12.8 Å².